The number of phenols is 1. The number of phenolic OH excluding ortho intramolecular Hbond substituents is 1. The van der Waals surface area contributed by atoms with E-state index in [-0.39, 0.29) is 17.0 Å². The molecular weight excluding hydrogens is 358 g/mol. The molecule has 0 heterocycles. The molecule has 0 bridgehead atoms. The van der Waals surface area contributed by atoms with Gasteiger partial charge in [-0.25, -0.2) is 4.79 Å². The van der Waals surface area contributed by atoms with Crippen LogP contribution in [-0.4, -0.2) is 24.1 Å². The van der Waals surface area contributed by atoms with Crippen molar-refractivity contribution < 1.29 is 24.2 Å². The van der Waals surface area contributed by atoms with Crippen LogP contribution < -0.4 is 10.1 Å². The maximum atomic E-state index is 12.4. The van der Waals surface area contributed by atoms with E-state index in [4.69, 9.17) is 4.74 Å². The number of esters is 1. The molecule has 2 N–H and O–H groups in total. The summed E-state index contributed by atoms with van der Waals surface area (Å²) >= 11 is 0. The third-order valence-electron chi connectivity index (χ3n) is 4.05. The summed E-state index contributed by atoms with van der Waals surface area (Å²) in [5, 5.41) is 12.8. The van der Waals surface area contributed by atoms with Crippen LogP contribution in [0.4, 0.5) is 5.69 Å². The molecule has 3 rings (SSSR count). The van der Waals surface area contributed by atoms with E-state index in [1.54, 1.807) is 30.3 Å². The second-order valence-corrected chi connectivity index (χ2v) is 5.95. The molecule has 3 aromatic rings. The maximum absolute atomic E-state index is 12.4. The molecule has 0 aliphatic rings. The number of hydrogen-bond acceptors (Lipinski definition) is 5. The van der Waals surface area contributed by atoms with Gasteiger partial charge in [0.15, 0.2) is 5.75 Å². The van der Waals surface area contributed by atoms with Gasteiger partial charge in [0.1, 0.15) is 17.9 Å². The molecule has 0 aromatic heterocycles. The van der Waals surface area contributed by atoms with Crippen LogP contribution in [0.5, 0.6) is 11.5 Å². The summed E-state index contributed by atoms with van der Waals surface area (Å²) in [5.74, 6) is -0.818. The van der Waals surface area contributed by atoms with Crippen LogP contribution in [0, 0.1) is 0 Å². The number of carbonyl (C=O) groups is 2. The van der Waals surface area contributed by atoms with Gasteiger partial charge in [-0.1, -0.05) is 36.4 Å². The van der Waals surface area contributed by atoms with Crippen molar-refractivity contribution in [2.45, 2.75) is 6.61 Å². The first kappa shape index (κ1) is 19.0. The lowest BCUT2D eigenvalue weighted by Gasteiger charge is -2.11. The fourth-order valence-corrected chi connectivity index (χ4v) is 2.56. The van der Waals surface area contributed by atoms with Crippen molar-refractivity contribution in [2.75, 3.05) is 12.4 Å². The topological polar surface area (TPSA) is 84.9 Å². The summed E-state index contributed by atoms with van der Waals surface area (Å²) in [6.07, 6.45) is 0. The normalized spacial score (nSPS) is 10.2. The summed E-state index contributed by atoms with van der Waals surface area (Å²) in [5.41, 5.74) is 1.53. The number of ether oxygens (including phenoxy) is 2. The standard InChI is InChI=1S/C22H19NO5/c1-27-22(26)18-8-5-9-19(20(18)24)23-21(25)16-10-12-17(13-11-16)28-14-15-6-3-2-4-7-15/h2-13,24H,14H2,1H3,(H,23,25). The van der Waals surface area contributed by atoms with E-state index in [1.165, 1.54) is 19.2 Å². The lowest BCUT2D eigenvalue weighted by molar-refractivity contribution is 0.0597. The minimum atomic E-state index is -0.687. The van der Waals surface area contributed by atoms with Crippen LogP contribution >= 0.6 is 0 Å². The van der Waals surface area contributed by atoms with Crippen molar-refractivity contribution in [3.05, 3.63) is 89.5 Å². The van der Waals surface area contributed by atoms with Gasteiger partial charge in [-0.3, -0.25) is 4.79 Å². The number of hydrogen-bond donors (Lipinski definition) is 2. The minimum Gasteiger partial charge on any atom is -0.505 e. The van der Waals surface area contributed by atoms with Crippen molar-refractivity contribution in [3.63, 3.8) is 0 Å². The molecule has 142 valence electrons. The van der Waals surface area contributed by atoms with Gasteiger partial charge in [0.05, 0.1) is 12.8 Å². The van der Waals surface area contributed by atoms with E-state index in [9.17, 15) is 14.7 Å². The molecule has 0 fully saturated rings. The van der Waals surface area contributed by atoms with E-state index in [0.717, 1.165) is 5.56 Å². The highest BCUT2D eigenvalue weighted by Gasteiger charge is 2.16. The van der Waals surface area contributed by atoms with Crippen molar-refractivity contribution in [1.82, 2.24) is 0 Å². The Hall–Kier alpha value is -3.80. The Morgan fingerprint density at radius 3 is 2.32 bits per heavy atom. The fourth-order valence-electron chi connectivity index (χ4n) is 2.56. The maximum Gasteiger partial charge on any atom is 0.341 e. The van der Waals surface area contributed by atoms with Crippen LogP contribution in [-0.2, 0) is 11.3 Å². The molecule has 6 heteroatoms. The first-order valence-electron chi connectivity index (χ1n) is 8.57. The van der Waals surface area contributed by atoms with Crippen LogP contribution in [0.25, 0.3) is 0 Å². The smallest absolute Gasteiger partial charge is 0.341 e. The highest BCUT2D eigenvalue weighted by molar-refractivity contribution is 6.06. The number of aromatic hydroxyl groups is 1. The molecule has 3 aromatic carbocycles. The molecule has 0 radical (unpaired) electrons. The average molecular weight is 377 g/mol. The van der Waals surface area contributed by atoms with Crippen molar-refractivity contribution >= 4 is 17.6 Å². The summed E-state index contributed by atoms with van der Waals surface area (Å²) in [6.45, 7) is 0.431. The van der Waals surface area contributed by atoms with Crippen molar-refractivity contribution in [1.29, 1.82) is 0 Å². The van der Waals surface area contributed by atoms with E-state index in [2.05, 4.69) is 10.1 Å². The highest BCUT2D eigenvalue weighted by Crippen LogP contribution is 2.28. The Morgan fingerprint density at radius 2 is 1.64 bits per heavy atom. The average Bonchev–Trinajstić information content (AvgIpc) is 2.74. The summed E-state index contributed by atoms with van der Waals surface area (Å²) in [4.78, 5) is 24.1. The Labute approximate surface area is 162 Å². The van der Waals surface area contributed by atoms with Gasteiger partial charge in [-0.2, -0.15) is 0 Å². The van der Waals surface area contributed by atoms with Crippen molar-refractivity contribution in [2.24, 2.45) is 0 Å². The van der Waals surface area contributed by atoms with Crippen LogP contribution in [0.1, 0.15) is 26.3 Å². The molecule has 0 aliphatic heterocycles. The quantitative estimate of drug-likeness (QED) is 0.501. The minimum absolute atomic E-state index is 0.0232. The van der Waals surface area contributed by atoms with Gasteiger partial charge in [-0.15, -0.1) is 0 Å². The largest absolute Gasteiger partial charge is 0.505 e. The van der Waals surface area contributed by atoms with E-state index >= 15 is 0 Å². The summed E-state index contributed by atoms with van der Waals surface area (Å²) in [6, 6.07) is 20.9. The first-order valence-corrected chi connectivity index (χ1v) is 8.57. The monoisotopic (exact) mass is 377 g/mol. The lowest BCUT2D eigenvalue weighted by atomic mass is 10.1. The van der Waals surface area contributed by atoms with Crippen molar-refractivity contribution in [3.8, 4) is 11.5 Å². The van der Waals surface area contributed by atoms with Gasteiger partial charge >= 0.3 is 5.97 Å². The number of para-hydroxylation sites is 1. The third kappa shape index (κ3) is 4.48. The van der Waals surface area contributed by atoms with Gasteiger partial charge < -0.3 is 19.9 Å². The Kier molecular flexibility index (Phi) is 5.91. The molecule has 0 atom stereocenters. The zero-order chi connectivity index (χ0) is 19.9. The van der Waals surface area contributed by atoms with Gasteiger partial charge in [0, 0.05) is 5.56 Å². The predicted molar refractivity (Wildman–Crippen MR) is 105 cm³/mol. The summed E-state index contributed by atoms with van der Waals surface area (Å²) in [7, 11) is 1.22. The van der Waals surface area contributed by atoms with E-state index < -0.39 is 11.9 Å². The first-order chi connectivity index (χ1) is 13.6. The number of rotatable bonds is 6. The summed E-state index contributed by atoms with van der Waals surface area (Å²) < 4.78 is 10.3. The SMILES string of the molecule is COC(=O)c1cccc(NC(=O)c2ccc(OCc3ccccc3)cc2)c1O. The Balaban J connectivity index is 1.66. The van der Waals surface area contributed by atoms with Gasteiger partial charge in [-0.05, 0) is 42.0 Å². The number of amides is 1. The zero-order valence-corrected chi connectivity index (χ0v) is 15.2. The molecule has 0 aliphatic carbocycles. The van der Waals surface area contributed by atoms with E-state index in [0.29, 0.717) is 17.9 Å². The number of carbonyl (C=O) groups excluding carboxylic acids is 2. The molecular formula is C22H19NO5. The number of benzene rings is 3. The van der Waals surface area contributed by atoms with Crippen LogP contribution in [0.3, 0.4) is 0 Å². The predicted octanol–water partition coefficient (Wildman–Crippen LogP) is 4.01. The molecule has 0 unspecified atom stereocenters. The molecule has 6 nitrogen and oxygen atoms in total. The second-order valence-electron chi connectivity index (χ2n) is 5.95. The number of nitrogens with one attached hydrogen (secondary N) is 1. The number of methoxy groups -OCH3 is 1. The third-order valence-corrected chi connectivity index (χ3v) is 4.05. The van der Waals surface area contributed by atoms with Crippen LogP contribution in [0.15, 0.2) is 72.8 Å². The Morgan fingerprint density at radius 1 is 0.929 bits per heavy atom. The molecule has 0 saturated heterocycles. The highest BCUT2D eigenvalue weighted by atomic mass is 16.5. The van der Waals surface area contributed by atoms with Gasteiger partial charge in [0.25, 0.3) is 5.91 Å². The fraction of sp³-hybridized carbons (Fsp3) is 0.0909. The lowest BCUT2D eigenvalue weighted by Crippen LogP contribution is -2.13. The number of anilines is 1. The molecule has 1 amide bonds. The molecule has 0 spiro atoms. The van der Waals surface area contributed by atoms with E-state index in [1.807, 2.05) is 30.3 Å². The molecule has 0 saturated carbocycles. The van der Waals surface area contributed by atoms with Crippen LogP contribution in [0.2, 0.25) is 0 Å². The molecule has 28 heavy (non-hydrogen) atoms. The zero-order valence-electron chi connectivity index (χ0n) is 15.2. The van der Waals surface area contributed by atoms with Gasteiger partial charge in [0.2, 0.25) is 0 Å². The second kappa shape index (κ2) is 8.73. The Bertz CT molecular complexity index is 968.